The number of amides is 2. The molecule has 154 valence electrons. The Bertz CT molecular complexity index is 651. The van der Waals surface area contributed by atoms with Gasteiger partial charge in [-0.05, 0) is 19.9 Å². The summed E-state index contributed by atoms with van der Waals surface area (Å²) in [7, 11) is 1.49. The number of nitrogens with zero attached hydrogens (tertiary/aromatic N) is 2. The molecule has 27 heavy (non-hydrogen) atoms. The van der Waals surface area contributed by atoms with E-state index in [1.165, 1.54) is 7.11 Å². The quantitative estimate of drug-likeness (QED) is 0.683. The van der Waals surface area contributed by atoms with Crippen molar-refractivity contribution in [3.8, 4) is 5.75 Å². The van der Waals surface area contributed by atoms with Crippen LogP contribution in [0.25, 0.3) is 0 Å². The highest BCUT2D eigenvalue weighted by molar-refractivity contribution is 6.33. The van der Waals surface area contributed by atoms with Crippen LogP contribution in [0.4, 0.5) is 5.69 Å². The summed E-state index contributed by atoms with van der Waals surface area (Å²) < 4.78 is 5.25. The minimum absolute atomic E-state index is 0. The Balaban J connectivity index is 0.00000338. The van der Waals surface area contributed by atoms with E-state index in [9.17, 15) is 9.59 Å². The molecule has 0 aliphatic carbocycles. The normalized spacial score (nSPS) is 14.2. The number of nitrogens with one attached hydrogen (secondary N) is 1. The second-order valence-electron chi connectivity index (χ2n) is 6.36. The van der Waals surface area contributed by atoms with Gasteiger partial charge >= 0.3 is 0 Å². The van der Waals surface area contributed by atoms with E-state index in [0.29, 0.717) is 54.7 Å². The molecule has 10 heteroatoms. The minimum atomic E-state index is -0.148. The van der Waals surface area contributed by atoms with Gasteiger partial charge in [-0.2, -0.15) is 0 Å². The van der Waals surface area contributed by atoms with Crippen LogP contribution in [0.2, 0.25) is 5.02 Å². The van der Waals surface area contributed by atoms with Crippen molar-refractivity contribution in [2.24, 2.45) is 0 Å². The maximum Gasteiger partial charge on any atom is 0.257 e. The van der Waals surface area contributed by atoms with E-state index < -0.39 is 0 Å². The number of rotatable bonds is 5. The van der Waals surface area contributed by atoms with Crippen molar-refractivity contribution in [3.05, 3.63) is 22.7 Å². The number of halogens is 3. The van der Waals surface area contributed by atoms with Crippen LogP contribution in [0, 0.1) is 0 Å². The van der Waals surface area contributed by atoms with Crippen LogP contribution in [-0.4, -0.2) is 67.5 Å². The van der Waals surface area contributed by atoms with Crippen LogP contribution in [0.1, 0.15) is 24.2 Å². The maximum absolute atomic E-state index is 12.8. The first-order chi connectivity index (χ1) is 11.8. The SMILES string of the molecule is COc1cc(N)c(Cl)cc1C(=O)N1CCN(CC(=O)NC(C)C)CC1.Cl.Cl. The standard InChI is InChI=1S/C17H25ClN4O3.2ClH/c1-11(2)20-16(23)10-21-4-6-22(7-5-21)17(24)12-8-13(18)14(19)9-15(12)25-3;;/h8-9,11H,4-7,10,19H2,1-3H3,(H,20,23);2*1H. The van der Waals surface area contributed by atoms with E-state index >= 15 is 0 Å². The number of benzene rings is 1. The van der Waals surface area contributed by atoms with Gasteiger partial charge in [0.15, 0.2) is 0 Å². The number of anilines is 1. The second kappa shape index (κ2) is 11.4. The summed E-state index contributed by atoms with van der Waals surface area (Å²) in [6.45, 7) is 6.57. The minimum Gasteiger partial charge on any atom is -0.496 e. The Hall–Kier alpha value is -1.41. The summed E-state index contributed by atoms with van der Waals surface area (Å²) in [5, 5.41) is 3.20. The average molecular weight is 442 g/mol. The molecule has 1 aromatic rings. The average Bonchev–Trinajstić information content (AvgIpc) is 2.56. The number of methoxy groups -OCH3 is 1. The zero-order chi connectivity index (χ0) is 18.6. The molecule has 7 nitrogen and oxygen atoms in total. The summed E-state index contributed by atoms with van der Waals surface area (Å²) >= 11 is 6.04. The van der Waals surface area contributed by atoms with Gasteiger partial charge in [-0.1, -0.05) is 11.6 Å². The molecule has 0 radical (unpaired) electrons. The molecule has 0 saturated carbocycles. The van der Waals surface area contributed by atoms with Gasteiger partial charge in [0.1, 0.15) is 5.75 Å². The fourth-order valence-electron chi connectivity index (χ4n) is 2.76. The van der Waals surface area contributed by atoms with E-state index in [0.717, 1.165) is 0 Å². The monoisotopic (exact) mass is 440 g/mol. The molecule has 3 N–H and O–H groups in total. The third-order valence-electron chi connectivity index (χ3n) is 4.03. The summed E-state index contributed by atoms with van der Waals surface area (Å²) in [5.74, 6) is 0.262. The predicted octanol–water partition coefficient (Wildman–Crippen LogP) is 2.06. The fraction of sp³-hybridized carbons (Fsp3) is 0.529. The molecule has 2 rings (SSSR count). The van der Waals surface area contributed by atoms with Gasteiger partial charge in [0, 0.05) is 38.3 Å². The maximum atomic E-state index is 12.8. The Morgan fingerprint density at radius 2 is 1.81 bits per heavy atom. The third kappa shape index (κ3) is 6.92. The van der Waals surface area contributed by atoms with E-state index in [4.69, 9.17) is 22.1 Å². The predicted molar refractivity (Wildman–Crippen MR) is 113 cm³/mol. The van der Waals surface area contributed by atoms with Crippen LogP contribution in [-0.2, 0) is 4.79 Å². The number of hydrogen-bond acceptors (Lipinski definition) is 5. The summed E-state index contributed by atoms with van der Waals surface area (Å²) in [4.78, 5) is 28.4. The molecule has 1 saturated heterocycles. The number of hydrogen-bond donors (Lipinski definition) is 2. The van der Waals surface area contributed by atoms with Crippen molar-refractivity contribution in [1.29, 1.82) is 0 Å². The number of nitrogen functional groups attached to an aromatic ring is 1. The molecule has 0 unspecified atom stereocenters. The second-order valence-corrected chi connectivity index (χ2v) is 6.77. The Labute approximate surface area is 177 Å². The van der Waals surface area contributed by atoms with Gasteiger partial charge in [-0.15, -0.1) is 24.8 Å². The molecule has 1 aromatic carbocycles. The van der Waals surface area contributed by atoms with Gasteiger partial charge in [0.25, 0.3) is 5.91 Å². The summed E-state index contributed by atoms with van der Waals surface area (Å²) in [6, 6.07) is 3.22. The molecule has 1 heterocycles. The summed E-state index contributed by atoms with van der Waals surface area (Å²) in [5.41, 5.74) is 6.53. The van der Waals surface area contributed by atoms with E-state index in [2.05, 4.69) is 5.32 Å². The molecule has 1 fully saturated rings. The van der Waals surface area contributed by atoms with Crippen LogP contribution in [0.3, 0.4) is 0 Å². The molecular formula is C17H27Cl3N4O3. The molecule has 0 bridgehead atoms. The largest absolute Gasteiger partial charge is 0.496 e. The molecule has 1 aliphatic rings. The number of nitrogens with two attached hydrogens (primary N) is 1. The first kappa shape index (κ1) is 25.6. The highest BCUT2D eigenvalue weighted by Gasteiger charge is 2.26. The van der Waals surface area contributed by atoms with E-state index in [1.54, 1.807) is 17.0 Å². The lowest BCUT2D eigenvalue weighted by Crippen LogP contribution is -2.51. The molecular weight excluding hydrogens is 415 g/mol. The van der Waals surface area contributed by atoms with E-state index in [1.807, 2.05) is 18.7 Å². The molecule has 0 atom stereocenters. The van der Waals surface area contributed by atoms with Gasteiger partial charge in [0.2, 0.25) is 5.91 Å². The zero-order valence-corrected chi connectivity index (χ0v) is 18.0. The first-order valence-electron chi connectivity index (χ1n) is 8.25. The third-order valence-corrected chi connectivity index (χ3v) is 4.35. The van der Waals surface area contributed by atoms with Crippen LogP contribution < -0.4 is 15.8 Å². The number of carbonyl (C=O) groups is 2. The van der Waals surface area contributed by atoms with Gasteiger partial charge in [0.05, 0.1) is 29.9 Å². The van der Waals surface area contributed by atoms with Crippen LogP contribution in [0.15, 0.2) is 12.1 Å². The van der Waals surface area contributed by atoms with E-state index in [-0.39, 0.29) is 42.7 Å². The van der Waals surface area contributed by atoms with Crippen LogP contribution in [0.5, 0.6) is 5.75 Å². The van der Waals surface area contributed by atoms with Crippen molar-refractivity contribution in [3.63, 3.8) is 0 Å². The van der Waals surface area contributed by atoms with Gasteiger partial charge in [-0.3, -0.25) is 14.5 Å². The van der Waals surface area contributed by atoms with Crippen molar-refractivity contribution in [1.82, 2.24) is 15.1 Å². The number of piperazine rings is 1. The van der Waals surface area contributed by atoms with Crippen molar-refractivity contribution >= 4 is 53.9 Å². The molecule has 2 amide bonds. The number of ether oxygens (including phenoxy) is 1. The summed E-state index contributed by atoms with van der Waals surface area (Å²) in [6.07, 6.45) is 0. The Kier molecular flexibility index (Phi) is 10.8. The lowest BCUT2D eigenvalue weighted by molar-refractivity contribution is -0.123. The van der Waals surface area contributed by atoms with Gasteiger partial charge in [-0.25, -0.2) is 0 Å². The fourth-order valence-corrected chi connectivity index (χ4v) is 2.92. The lowest BCUT2D eigenvalue weighted by Gasteiger charge is -2.34. The highest BCUT2D eigenvalue weighted by Crippen LogP contribution is 2.30. The first-order valence-corrected chi connectivity index (χ1v) is 8.63. The van der Waals surface area contributed by atoms with Crippen molar-refractivity contribution in [2.45, 2.75) is 19.9 Å². The Morgan fingerprint density at radius 3 is 2.33 bits per heavy atom. The Morgan fingerprint density at radius 1 is 1.22 bits per heavy atom. The van der Waals surface area contributed by atoms with Gasteiger partial charge < -0.3 is 20.7 Å². The highest BCUT2D eigenvalue weighted by atomic mass is 35.5. The molecule has 0 spiro atoms. The van der Waals surface area contributed by atoms with Crippen molar-refractivity contribution < 1.29 is 14.3 Å². The van der Waals surface area contributed by atoms with Crippen LogP contribution >= 0.6 is 36.4 Å². The molecule has 0 aromatic heterocycles. The zero-order valence-electron chi connectivity index (χ0n) is 15.7. The number of carbonyl (C=O) groups excluding carboxylic acids is 2. The van der Waals surface area contributed by atoms with Crippen molar-refractivity contribution in [2.75, 3.05) is 45.6 Å². The topological polar surface area (TPSA) is 87.9 Å². The lowest BCUT2D eigenvalue weighted by atomic mass is 10.1. The smallest absolute Gasteiger partial charge is 0.257 e. The molecule has 1 aliphatic heterocycles.